The summed E-state index contributed by atoms with van der Waals surface area (Å²) in [5.74, 6) is 0. The van der Waals surface area contributed by atoms with E-state index in [-0.39, 0.29) is 0 Å². The van der Waals surface area contributed by atoms with Gasteiger partial charge in [-0.15, -0.1) is 11.3 Å². The molecule has 88 valence electrons. The minimum atomic E-state index is 1.11. The van der Waals surface area contributed by atoms with Gasteiger partial charge in [0.15, 0.2) is 0 Å². The van der Waals surface area contributed by atoms with E-state index in [0.29, 0.717) is 0 Å². The van der Waals surface area contributed by atoms with Crippen LogP contribution in [0.3, 0.4) is 0 Å². The molecule has 3 heteroatoms. The monoisotopic (exact) mass is 315 g/mol. The first-order valence-corrected chi connectivity index (χ1v) is 7.20. The zero-order valence-electron chi connectivity index (χ0n) is 9.51. The average molecular weight is 316 g/mol. The number of thiophene rings is 1. The number of nitrogens with zero attached hydrogens (tertiary/aromatic N) is 1. The van der Waals surface area contributed by atoms with Crippen molar-refractivity contribution in [2.24, 2.45) is 0 Å². The normalized spacial score (nSPS) is 10.5. The van der Waals surface area contributed by atoms with E-state index in [1.54, 1.807) is 11.3 Å². The van der Waals surface area contributed by atoms with E-state index in [1.807, 2.05) is 24.5 Å². The minimum Gasteiger partial charge on any atom is -0.265 e. The number of pyridine rings is 1. The van der Waals surface area contributed by atoms with Gasteiger partial charge in [0.05, 0.1) is 0 Å². The number of benzene rings is 1. The van der Waals surface area contributed by atoms with Crippen LogP contribution in [0, 0.1) is 0 Å². The second-order valence-corrected chi connectivity index (χ2v) is 5.91. The molecule has 0 aliphatic rings. The molecule has 3 rings (SSSR count). The highest BCUT2D eigenvalue weighted by Crippen LogP contribution is 2.34. The van der Waals surface area contributed by atoms with E-state index in [9.17, 15) is 0 Å². The number of aromatic nitrogens is 1. The quantitative estimate of drug-likeness (QED) is 0.630. The molecule has 0 spiro atoms. The summed E-state index contributed by atoms with van der Waals surface area (Å²) in [6.45, 7) is 0. The fourth-order valence-corrected chi connectivity index (χ4v) is 3.06. The van der Waals surface area contributed by atoms with Crippen LogP contribution < -0.4 is 0 Å². The molecule has 0 aliphatic carbocycles. The Labute approximate surface area is 118 Å². The zero-order chi connectivity index (χ0) is 12.4. The molecule has 1 nitrogen and oxygen atoms in total. The smallest absolute Gasteiger partial charge is 0.0350 e. The van der Waals surface area contributed by atoms with Crippen LogP contribution in [0.15, 0.2) is 65.4 Å². The number of rotatable bonds is 2. The molecule has 0 fully saturated rings. The van der Waals surface area contributed by atoms with Crippen LogP contribution in [-0.4, -0.2) is 4.98 Å². The van der Waals surface area contributed by atoms with Crippen LogP contribution in [0.5, 0.6) is 0 Å². The SMILES string of the molecule is Brc1ccc(-c2ccc(-c3ccncc3)s2)cc1. The Morgan fingerprint density at radius 1 is 0.722 bits per heavy atom. The third-order valence-electron chi connectivity index (χ3n) is 2.70. The van der Waals surface area contributed by atoms with Crippen molar-refractivity contribution < 1.29 is 0 Å². The fourth-order valence-electron chi connectivity index (χ4n) is 1.78. The van der Waals surface area contributed by atoms with Crippen molar-refractivity contribution in [1.82, 2.24) is 4.98 Å². The molecule has 2 heterocycles. The van der Waals surface area contributed by atoms with Crippen molar-refractivity contribution in [3.05, 3.63) is 65.4 Å². The van der Waals surface area contributed by atoms with Gasteiger partial charge in [0.25, 0.3) is 0 Å². The summed E-state index contributed by atoms with van der Waals surface area (Å²) in [7, 11) is 0. The molecule has 0 unspecified atom stereocenters. The Morgan fingerprint density at radius 3 is 1.89 bits per heavy atom. The molecule has 2 aromatic heterocycles. The van der Waals surface area contributed by atoms with E-state index in [0.717, 1.165) is 4.47 Å². The molecular formula is C15H10BrNS. The maximum atomic E-state index is 4.04. The van der Waals surface area contributed by atoms with Gasteiger partial charge in [0.2, 0.25) is 0 Å². The standard InChI is InChI=1S/C15H10BrNS/c16-13-3-1-11(2-4-13)14-5-6-15(18-14)12-7-9-17-10-8-12/h1-10H. The number of hydrogen-bond acceptors (Lipinski definition) is 2. The molecular weight excluding hydrogens is 306 g/mol. The van der Waals surface area contributed by atoms with E-state index >= 15 is 0 Å². The zero-order valence-corrected chi connectivity index (χ0v) is 11.9. The predicted octanol–water partition coefficient (Wildman–Crippen LogP) is 5.24. The first kappa shape index (κ1) is 11.6. The van der Waals surface area contributed by atoms with Gasteiger partial charge in [-0.3, -0.25) is 4.98 Å². The maximum absolute atomic E-state index is 4.04. The molecule has 3 aromatic rings. The lowest BCUT2D eigenvalue weighted by Gasteiger charge is -1.97. The maximum Gasteiger partial charge on any atom is 0.0350 e. The van der Waals surface area contributed by atoms with Crippen molar-refractivity contribution in [3.8, 4) is 20.9 Å². The van der Waals surface area contributed by atoms with Gasteiger partial charge in [0, 0.05) is 26.6 Å². The van der Waals surface area contributed by atoms with Gasteiger partial charge >= 0.3 is 0 Å². The van der Waals surface area contributed by atoms with Crippen LogP contribution in [-0.2, 0) is 0 Å². The summed E-state index contributed by atoms with van der Waals surface area (Å²) < 4.78 is 1.11. The van der Waals surface area contributed by atoms with Gasteiger partial charge in [-0.2, -0.15) is 0 Å². The molecule has 0 atom stereocenters. The highest BCUT2D eigenvalue weighted by molar-refractivity contribution is 9.10. The predicted molar refractivity (Wildman–Crippen MR) is 80.7 cm³/mol. The van der Waals surface area contributed by atoms with E-state index in [2.05, 4.69) is 57.3 Å². The van der Waals surface area contributed by atoms with Crippen molar-refractivity contribution in [2.45, 2.75) is 0 Å². The summed E-state index contributed by atoms with van der Waals surface area (Å²) in [6.07, 6.45) is 3.66. The van der Waals surface area contributed by atoms with Gasteiger partial charge in [-0.1, -0.05) is 28.1 Å². The molecule has 0 saturated heterocycles. The van der Waals surface area contributed by atoms with Gasteiger partial charge in [0.1, 0.15) is 0 Å². The summed E-state index contributed by atoms with van der Waals surface area (Å²) in [4.78, 5) is 6.60. The number of hydrogen-bond donors (Lipinski definition) is 0. The van der Waals surface area contributed by atoms with Gasteiger partial charge in [-0.05, 0) is 47.5 Å². The Morgan fingerprint density at radius 2 is 1.28 bits per heavy atom. The van der Waals surface area contributed by atoms with Gasteiger partial charge in [-0.25, -0.2) is 0 Å². The molecule has 0 bridgehead atoms. The first-order chi connectivity index (χ1) is 8.83. The van der Waals surface area contributed by atoms with E-state index in [1.165, 1.54) is 20.9 Å². The van der Waals surface area contributed by atoms with Crippen molar-refractivity contribution in [2.75, 3.05) is 0 Å². The lowest BCUT2D eigenvalue weighted by molar-refractivity contribution is 1.33. The van der Waals surface area contributed by atoms with Crippen LogP contribution in [0.25, 0.3) is 20.9 Å². The van der Waals surface area contributed by atoms with Crippen LogP contribution in [0.1, 0.15) is 0 Å². The summed E-state index contributed by atoms with van der Waals surface area (Å²) in [6, 6.07) is 16.8. The molecule has 0 N–H and O–H groups in total. The second-order valence-electron chi connectivity index (χ2n) is 3.91. The molecule has 0 aliphatic heterocycles. The lowest BCUT2D eigenvalue weighted by Crippen LogP contribution is -1.72. The van der Waals surface area contributed by atoms with Crippen LogP contribution in [0.4, 0.5) is 0 Å². The van der Waals surface area contributed by atoms with Crippen molar-refractivity contribution in [1.29, 1.82) is 0 Å². The lowest BCUT2D eigenvalue weighted by atomic mass is 10.2. The highest BCUT2D eigenvalue weighted by Gasteiger charge is 2.04. The third-order valence-corrected chi connectivity index (χ3v) is 4.41. The summed E-state index contributed by atoms with van der Waals surface area (Å²) in [5, 5.41) is 0. The van der Waals surface area contributed by atoms with Crippen LogP contribution in [0.2, 0.25) is 0 Å². The number of halogens is 1. The summed E-state index contributed by atoms with van der Waals surface area (Å²) >= 11 is 5.26. The van der Waals surface area contributed by atoms with Gasteiger partial charge < -0.3 is 0 Å². The van der Waals surface area contributed by atoms with Crippen LogP contribution >= 0.6 is 27.3 Å². The van der Waals surface area contributed by atoms with Crippen molar-refractivity contribution >= 4 is 27.3 Å². The summed E-state index contributed by atoms with van der Waals surface area (Å²) in [5.41, 5.74) is 2.47. The topological polar surface area (TPSA) is 12.9 Å². The highest BCUT2D eigenvalue weighted by atomic mass is 79.9. The third kappa shape index (κ3) is 2.37. The van der Waals surface area contributed by atoms with Crippen molar-refractivity contribution in [3.63, 3.8) is 0 Å². The second kappa shape index (κ2) is 5.04. The van der Waals surface area contributed by atoms with E-state index < -0.39 is 0 Å². The largest absolute Gasteiger partial charge is 0.265 e. The molecule has 18 heavy (non-hydrogen) atoms. The first-order valence-electron chi connectivity index (χ1n) is 5.59. The molecule has 1 aromatic carbocycles. The fraction of sp³-hybridized carbons (Fsp3) is 0. The Hall–Kier alpha value is -1.45. The molecule has 0 saturated carbocycles. The minimum absolute atomic E-state index is 1.11. The van der Waals surface area contributed by atoms with E-state index in [4.69, 9.17) is 0 Å². The molecule has 0 amide bonds. The Kier molecular flexibility index (Phi) is 3.26. The Balaban J connectivity index is 1.97. The average Bonchev–Trinajstić information content (AvgIpc) is 2.90. The molecule has 0 radical (unpaired) electrons. The Bertz CT molecular complexity index is 644.